The van der Waals surface area contributed by atoms with E-state index in [9.17, 15) is 18.0 Å². The van der Waals surface area contributed by atoms with Crippen molar-refractivity contribution < 1.29 is 18.0 Å². The highest BCUT2D eigenvalue weighted by Gasteiger charge is 2.14. The van der Waals surface area contributed by atoms with Gasteiger partial charge in [0.05, 0.1) is 5.69 Å². The minimum atomic E-state index is -1.63. The first-order valence-electron chi connectivity index (χ1n) is 5.65. The van der Waals surface area contributed by atoms with Crippen LogP contribution in [0, 0.1) is 17.5 Å². The Hall–Kier alpha value is -2.57. The second kappa shape index (κ2) is 6.05. The topological polar surface area (TPSA) is 54.0 Å². The van der Waals surface area contributed by atoms with Gasteiger partial charge < -0.3 is 10.6 Å². The first-order valence-corrected chi connectivity index (χ1v) is 5.65. The molecule has 0 aliphatic rings. The SMILES string of the molecule is O=C(NCc1cccnc1)Nc1ccc(F)c(F)c1F. The minimum Gasteiger partial charge on any atom is -0.334 e. The van der Waals surface area contributed by atoms with E-state index in [-0.39, 0.29) is 6.54 Å². The largest absolute Gasteiger partial charge is 0.334 e. The van der Waals surface area contributed by atoms with Crippen molar-refractivity contribution in [3.05, 3.63) is 59.7 Å². The van der Waals surface area contributed by atoms with Crippen LogP contribution < -0.4 is 10.6 Å². The Morgan fingerprint density at radius 1 is 1.15 bits per heavy atom. The molecule has 2 aromatic rings. The molecule has 0 spiro atoms. The van der Waals surface area contributed by atoms with Crippen LogP contribution in [-0.2, 0) is 6.54 Å². The normalized spacial score (nSPS) is 10.2. The smallest absolute Gasteiger partial charge is 0.319 e. The molecule has 1 aromatic heterocycles. The lowest BCUT2D eigenvalue weighted by Crippen LogP contribution is -2.28. The number of amides is 2. The number of carbonyl (C=O) groups is 1. The van der Waals surface area contributed by atoms with Gasteiger partial charge >= 0.3 is 6.03 Å². The third kappa shape index (κ3) is 3.25. The van der Waals surface area contributed by atoms with E-state index in [1.807, 2.05) is 0 Å². The van der Waals surface area contributed by atoms with Crippen LogP contribution in [0.1, 0.15) is 5.56 Å². The van der Waals surface area contributed by atoms with Gasteiger partial charge in [0.2, 0.25) is 0 Å². The molecule has 7 heteroatoms. The Morgan fingerprint density at radius 2 is 1.95 bits per heavy atom. The number of hydrogen-bond donors (Lipinski definition) is 2. The van der Waals surface area contributed by atoms with Crippen LogP contribution in [0.3, 0.4) is 0 Å². The van der Waals surface area contributed by atoms with Crippen molar-refractivity contribution in [3.8, 4) is 0 Å². The lowest BCUT2D eigenvalue weighted by atomic mass is 10.3. The fourth-order valence-electron chi connectivity index (χ4n) is 1.47. The molecule has 0 atom stereocenters. The number of urea groups is 1. The van der Waals surface area contributed by atoms with Crippen molar-refractivity contribution in [2.75, 3.05) is 5.32 Å². The van der Waals surface area contributed by atoms with Crippen LogP contribution in [-0.4, -0.2) is 11.0 Å². The molecular weight excluding hydrogens is 271 g/mol. The first kappa shape index (κ1) is 13.9. The second-order valence-electron chi connectivity index (χ2n) is 3.89. The summed E-state index contributed by atoms with van der Waals surface area (Å²) in [7, 11) is 0. The molecule has 0 bridgehead atoms. The molecule has 1 heterocycles. The number of benzene rings is 1. The zero-order valence-corrected chi connectivity index (χ0v) is 10.2. The number of rotatable bonds is 3. The third-order valence-electron chi connectivity index (χ3n) is 2.46. The first-order chi connectivity index (χ1) is 9.58. The van der Waals surface area contributed by atoms with E-state index in [0.29, 0.717) is 0 Å². The van der Waals surface area contributed by atoms with Crippen LogP contribution in [0.25, 0.3) is 0 Å². The Balaban J connectivity index is 1.97. The van der Waals surface area contributed by atoms with E-state index in [1.54, 1.807) is 24.5 Å². The molecule has 0 aliphatic carbocycles. The molecule has 4 nitrogen and oxygen atoms in total. The van der Waals surface area contributed by atoms with E-state index >= 15 is 0 Å². The van der Waals surface area contributed by atoms with E-state index < -0.39 is 29.2 Å². The monoisotopic (exact) mass is 281 g/mol. The summed E-state index contributed by atoms with van der Waals surface area (Å²) < 4.78 is 39.0. The summed E-state index contributed by atoms with van der Waals surface area (Å²) in [5.74, 6) is -4.39. The van der Waals surface area contributed by atoms with Crippen molar-refractivity contribution in [3.63, 3.8) is 0 Å². The second-order valence-corrected chi connectivity index (χ2v) is 3.89. The van der Waals surface area contributed by atoms with Crippen molar-refractivity contribution >= 4 is 11.7 Å². The number of anilines is 1. The van der Waals surface area contributed by atoms with Gasteiger partial charge in [-0.25, -0.2) is 18.0 Å². The predicted octanol–water partition coefficient (Wildman–Crippen LogP) is 2.82. The van der Waals surface area contributed by atoms with E-state index in [2.05, 4.69) is 15.6 Å². The average Bonchev–Trinajstić information content (AvgIpc) is 2.47. The van der Waals surface area contributed by atoms with E-state index in [4.69, 9.17) is 0 Å². The molecule has 0 saturated heterocycles. The van der Waals surface area contributed by atoms with Gasteiger partial charge in [0.1, 0.15) is 0 Å². The van der Waals surface area contributed by atoms with Crippen LogP contribution >= 0.6 is 0 Å². The minimum absolute atomic E-state index is 0.172. The summed E-state index contributed by atoms with van der Waals surface area (Å²) in [4.78, 5) is 15.4. The molecule has 0 saturated carbocycles. The van der Waals surface area contributed by atoms with Crippen LogP contribution in [0.2, 0.25) is 0 Å². The molecule has 0 unspecified atom stereocenters. The predicted molar refractivity (Wildman–Crippen MR) is 66.4 cm³/mol. The molecule has 0 aliphatic heterocycles. The number of hydrogen-bond acceptors (Lipinski definition) is 2. The van der Waals surface area contributed by atoms with Gasteiger partial charge in [0.25, 0.3) is 0 Å². The molecular formula is C13H10F3N3O. The number of aromatic nitrogens is 1. The summed E-state index contributed by atoms with van der Waals surface area (Å²) in [6, 6.07) is 4.38. The zero-order valence-electron chi connectivity index (χ0n) is 10.2. The summed E-state index contributed by atoms with van der Waals surface area (Å²) >= 11 is 0. The maximum Gasteiger partial charge on any atom is 0.319 e. The molecule has 2 rings (SSSR count). The maximum absolute atomic E-state index is 13.3. The number of nitrogens with one attached hydrogen (secondary N) is 2. The summed E-state index contributed by atoms with van der Waals surface area (Å²) in [6.07, 6.45) is 3.14. The van der Waals surface area contributed by atoms with Gasteiger partial charge in [-0.2, -0.15) is 0 Å². The van der Waals surface area contributed by atoms with Gasteiger partial charge in [-0.1, -0.05) is 6.07 Å². The maximum atomic E-state index is 13.3. The van der Waals surface area contributed by atoms with E-state index in [0.717, 1.165) is 17.7 Å². The molecule has 104 valence electrons. The van der Waals surface area contributed by atoms with Gasteiger partial charge in [0, 0.05) is 18.9 Å². The molecule has 0 radical (unpaired) electrons. The fraction of sp³-hybridized carbons (Fsp3) is 0.0769. The van der Waals surface area contributed by atoms with Gasteiger partial charge in [-0.15, -0.1) is 0 Å². The van der Waals surface area contributed by atoms with Crippen molar-refractivity contribution in [2.24, 2.45) is 0 Å². The standard InChI is InChI=1S/C13H10F3N3O/c14-9-3-4-10(12(16)11(9)15)19-13(20)18-7-8-2-1-5-17-6-8/h1-6H,7H2,(H2,18,19,20). The summed E-state index contributed by atoms with van der Waals surface area (Å²) in [5.41, 5.74) is 0.306. The number of halogens is 3. The number of nitrogens with zero attached hydrogens (tertiary/aromatic N) is 1. The molecule has 2 N–H and O–H groups in total. The van der Waals surface area contributed by atoms with Gasteiger partial charge in [-0.05, 0) is 23.8 Å². The van der Waals surface area contributed by atoms with Crippen molar-refractivity contribution in [1.82, 2.24) is 10.3 Å². The summed E-state index contributed by atoms with van der Waals surface area (Å²) in [5, 5.41) is 4.53. The zero-order chi connectivity index (χ0) is 14.5. The highest BCUT2D eigenvalue weighted by atomic mass is 19.2. The Labute approximate surface area is 112 Å². The molecule has 2 amide bonds. The fourth-order valence-corrected chi connectivity index (χ4v) is 1.47. The number of pyridine rings is 1. The van der Waals surface area contributed by atoms with Crippen LogP contribution in [0.5, 0.6) is 0 Å². The van der Waals surface area contributed by atoms with Crippen molar-refractivity contribution in [2.45, 2.75) is 6.54 Å². The third-order valence-corrected chi connectivity index (χ3v) is 2.46. The van der Waals surface area contributed by atoms with Crippen LogP contribution in [0.15, 0.2) is 36.7 Å². The molecule has 0 fully saturated rings. The molecule has 1 aromatic carbocycles. The Kier molecular flexibility index (Phi) is 4.19. The van der Waals surface area contributed by atoms with Crippen molar-refractivity contribution in [1.29, 1.82) is 0 Å². The Bertz CT molecular complexity index is 620. The number of carbonyl (C=O) groups excluding carboxylic acids is 1. The highest BCUT2D eigenvalue weighted by molar-refractivity contribution is 5.89. The summed E-state index contributed by atoms with van der Waals surface area (Å²) in [6.45, 7) is 0.172. The molecule has 20 heavy (non-hydrogen) atoms. The van der Waals surface area contributed by atoms with Crippen LogP contribution in [0.4, 0.5) is 23.7 Å². The lowest BCUT2D eigenvalue weighted by Gasteiger charge is -2.08. The van der Waals surface area contributed by atoms with Gasteiger partial charge in [0.15, 0.2) is 17.5 Å². The van der Waals surface area contributed by atoms with Gasteiger partial charge in [-0.3, -0.25) is 4.98 Å². The lowest BCUT2D eigenvalue weighted by molar-refractivity contribution is 0.251. The quantitative estimate of drug-likeness (QED) is 0.850. The average molecular weight is 281 g/mol. The Morgan fingerprint density at radius 3 is 2.65 bits per heavy atom. The highest BCUT2D eigenvalue weighted by Crippen LogP contribution is 2.19. The van der Waals surface area contributed by atoms with E-state index in [1.165, 1.54) is 0 Å².